The molecule has 0 fully saturated rings. The Labute approximate surface area is 126 Å². The zero-order chi connectivity index (χ0) is 15.7. The van der Waals surface area contributed by atoms with Crippen LogP contribution in [-0.4, -0.2) is 20.5 Å². The van der Waals surface area contributed by atoms with Crippen LogP contribution in [0.25, 0.3) is 5.65 Å². The maximum atomic E-state index is 12.6. The Bertz CT molecular complexity index is 810. The van der Waals surface area contributed by atoms with Crippen LogP contribution in [0.2, 0.25) is 0 Å². The first kappa shape index (κ1) is 14.5. The summed E-state index contributed by atoms with van der Waals surface area (Å²) in [6.45, 7) is 0. The Morgan fingerprint density at radius 1 is 1.41 bits per heavy atom. The second-order valence-corrected chi connectivity index (χ2v) is 5.51. The summed E-state index contributed by atoms with van der Waals surface area (Å²) in [5.41, 5.74) is -0.684. The SMILES string of the molecule is O=C(Cc1cccs1)Nc1cnc2cc(C(F)(F)F)nn2c1. The maximum Gasteiger partial charge on any atom is 0.435 e. The lowest BCUT2D eigenvalue weighted by molar-refractivity contribution is -0.141. The number of carbonyl (C=O) groups is 1. The first-order valence-electron chi connectivity index (χ1n) is 6.17. The van der Waals surface area contributed by atoms with Gasteiger partial charge in [0.15, 0.2) is 11.3 Å². The van der Waals surface area contributed by atoms with E-state index in [1.165, 1.54) is 23.7 Å². The van der Waals surface area contributed by atoms with Crippen molar-refractivity contribution in [2.75, 3.05) is 5.32 Å². The van der Waals surface area contributed by atoms with Gasteiger partial charge in [0.25, 0.3) is 0 Å². The second-order valence-electron chi connectivity index (χ2n) is 4.48. The van der Waals surface area contributed by atoms with E-state index in [9.17, 15) is 18.0 Å². The highest BCUT2D eigenvalue weighted by Crippen LogP contribution is 2.28. The van der Waals surface area contributed by atoms with Gasteiger partial charge in [0.05, 0.1) is 24.5 Å². The fourth-order valence-electron chi connectivity index (χ4n) is 1.86. The van der Waals surface area contributed by atoms with Gasteiger partial charge in [-0.2, -0.15) is 18.3 Å². The van der Waals surface area contributed by atoms with Crippen LogP contribution in [0.1, 0.15) is 10.6 Å². The molecule has 0 saturated heterocycles. The molecule has 0 unspecified atom stereocenters. The summed E-state index contributed by atoms with van der Waals surface area (Å²) in [5.74, 6) is -0.271. The molecule has 0 aliphatic carbocycles. The van der Waals surface area contributed by atoms with Crippen molar-refractivity contribution in [3.8, 4) is 0 Å². The molecule has 5 nitrogen and oxygen atoms in total. The van der Waals surface area contributed by atoms with Crippen LogP contribution in [0.5, 0.6) is 0 Å². The minimum absolute atomic E-state index is 0.0589. The second kappa shape index (κ2) is 5.41. The van der Waals surface area contributed by atoms with Crippen molar-refractivity contribution in [2.45, 2.75) is 12.6 Å². The van der Waals surface area contributed by atoms with Crippen molar-refractivity contribution in [3.63, 3.8) is 0 Å². The molecule has 0 saturated carbocycles. The number of aromatic nitrogens is 3. The molecule has 3 rings (SSSR count). The van der Waals surface area contributed by atoms with Crippen LogP contribution in [0, 0.1) is 0 Å². The van der Waals surface area contributed by atoms with E-state index in [-0.39, 0.29) is 23.7 Å². The standard InChI is InChI=1S/C13H9F3N4OS/c14-13(15,16)10-5-11-17-6-8(7-20(11)19-10)18-12(21)4-9-2-1-3-22-9/h1-3,5-7H,4H2,(H,18,21). The highest BCUT2D eigenvalue weighted by molar-refractivity contribution is 7.10. The number of nitrogens with one attached hydrogen (secondary N) is 1. The normalized spacial score (nSPS) is 11.8. The molecule has 0 atom stereocenters. The summed E-state index contributed by atoms with van der Waals surface area (Å²) in [4.78, 5) is 16.6. The average molecular weight is 326 g/mol. The fourth-order valence-corrected chi connectivity index (χ4v) is 2.56. The minimum Gasteiger partial charge on any atom is -0.323 e. The molecule has 22 heavy (non-hydrogen) atoms. The van der Waals surface area contributed by atoms with E-state index in [4.69, 9.17) is 0 Å². The van der Waals surface area contributed by atoms with Gasteiger partial charge in [0.2, 0.25) is 5.91 Å². The number of carbonyl (C=O) groups excluding carboxylic acids is 1. The number of nitrogens with zero attached hydrogens (tertiary/aromatic N) is 3. The number of hydrogen-bond donors (Lipinski definition) is 1. The molecule has 0 bridgehead atoms. The summed E-state index contributed by atoms with van der Waals surface area (Å²) < 4.78 is 38.7. The van der Waals surface area contributed by atoms with Crippen molar-refractivity contribution in [3.05, 3.63) is 46.5 Å². The zero-order valence-corrected chi connectivity index (χ0v) is 11.8. The third kappa shape index (κ3) is 3.08. The lowest BCUT2D eigenvalue weighted by Crippen LogP contribution is -2.14. The van der Waals surface area contributed by atoms with Gasteiger partial charge in [0.1, 0.15) is 0 Å². The molecule has 114 valence electrons. The van der Waals surface area contributed by atoms with E-state index in [1.807, 2.05) is 17.5 Å². The van der Waals surface area contributed by atoms with Crippen molar-refractivity contribution >= 4 is 28.6 Å². The number of fused-ring (bicyclic) bond motifs is 1. The Morgan fingerprint density at radius 2 is 2.23 bits per heavy atom. The number of anilines is 1. The van der Waals surface area contributed by atoms with Gasteiger partial charge in [-0.05, 0) is 11.4 Å². The molecule has 0 aliphatic heterocycles. The van der Waals surface area contributed by atoms with E-state index >= 15 is 0 Å². The van der Waals surface area contributed by atoms with Crippen LogP contribution in [0.4, 0.5) is 18.9 Å². The van der Waals surface area contributed by atoms with E-state index in [0.717, 1.165) is 15.5 Å². The van der Waals surface area contributed by atoms with E-state index < -0.39 is 11.9 Å². The zero-order valence-electron chi connectivity index (χ0n) is 11.0. The molecule has 3 heterocycles. The summed E-state index contributed by atoms with van der Waals surface area (Å²) in [5, 5.41) is 7.85. The highest BCUT2D eigenvalue weighted by Gasteiger charge is 2.34. The Balaban J connectivity index is 1.78. The number of halogens is 3. The number of hydrogen-bond acceptors (Lipinski definition) is 4. The van der Waals surface area contributed by atoms with Crippen LogP contribution in [0.3, 0.4) is 0 Å². The van der Waals surface area contributed by atoms with Crippen molar-refractivity contribution in [1.29, 1.82) is 0 Å². The number of alkyl halides is 3. The molecule has 0 spiro atoms. The van der Waals surface area contributed by atoms with E-state index in [1.54, 1.807) is 0 Å². The molecule has 0 radical (unpaired) electrons. The third-order valence-corrected chi connectivity index (χ3v) is 3.68. The Morgan fingerprint density at radius 3 is 2.91 bits per heavy atom. The topological polar surface area (TPSA) is 59.3 Å². The Kier molecular flexibility index (Phi) is 3.57. The predicted octanol–water partition coefficient (Wildman–Crippen LogP) is 2.99. The summed E-state index contributed by atoms with van der Waals surface area (Å²) in [6, 6.07) is 4.51. The number of thiophene rings is 1. The first-order chi connectivity index (χ1) is 10.4. The molecule has 0 aromatic carbocycles. The number of rotatable bonds is 3. The van der Waals surface area contributed by atoms with Crippen LogP contribution in [-0.2, 0) is 17.4 Å². The summed E-state index contributed by atoms with van der Waals surface area (Å²) >= 11 is 1.45. The van der Waals surface area contributed by atoms with Crippen molar-refractivity contribution < 1.29 is 18.0 Å². The largest absolute Gasteiger partial charge is 0.435 e. The smallest absolute Gasteiger partial charge is 0.323 e. The van der Waals surface area contributed by atoms with Gasteiger partial charge < -0.3 is 5.32 Å². The van der Waals surface area contributed by atoms with Crippen molar-refractivity contribution in [2.24, 2.45) is 0 Å². The average Bonchev–Trinajstić information content (AvgIpc) is 3.06. The fraction of sp³-hybridized carbons (Fsp3) is 0.154. The molecule has 9 heteroatoms. The van der Waals surface area contributed by atoms with Crippen molar-refractivity contribution in [1.82, 2.24) is 14.6 Å². The molecule has 1 N–H and O–H groups in total. The van der Waals surface area contributed by atoms with E-state index in [0.29, 0.717) is 0 Å². The van der Waals surface area contributed by atoms with Crippen LogP contribution >= 0.6 is 11.3 Å². The highest BCUT2D eigenvalue weighted by atomic mass is 32.1. The monoisotopic (exact) mass is 326 g/mol. The van der Waals surface area contributed by atoms with Gasteiger partial charge in [-0.3, -0.25) is 4.79 Å². The van der Waals surface area contributed by atoms with Gasteiger partial charge >= 0.3 is 6.18 Å². The van der Waals surface area contributed by atoms with E-state index in [2.05, 4.69) is 15.4 Å². The first-order valence-corrected chi connectivity index (χ1v) is 7.04. The summed E-state index contributed by atoms with van der Waals surface area (Å²) in [7, 11) is 0. The van der Waals surface area contributed by atoms with Gasteiger partial charge in [-0.15, -0.1) is 11.3 Å². The molecule has 0 aliphatic rings. The quantitative estimate of drug-likeness (QED) is 0.805. The predicted molar refractivity (Wildman–Crippen MR) is 74.6 cm³/mol. The molecule has 3 aromatic rings. The molecular weight excluding hydrogens is 317 g/mol. The molecule has 1 amide bonds. The lowest BCUT2D eigenvalue weighted by atomic mass is 10.3. The van der Waals surface area contributed by atoms with Crippen LogP contribution in [0.15, 0.2) is 36.0 Å². The maximum absolute atomic E-state index is 12.6. The van der Waals surface area contributed by atoms with Gasteiger partial charge in [0, 0.05) is 10.9 Å². The number of amides is 1. The molecular formula is C13H9F3N4OS. The lowest BCUT2D eigenvalue weighted by Gasteiger charge is -2.04. The Hall–Kier alpha value is -2.42. The molecule has 3 aromatic heterocycles. The van der Waals surface area contributed by atoms with Gasteiger partial charge in [-0.25, -0.2) is 9.50 Å². The third-order valence-electron chi connectivity index (χ3n) is 2.80. The van der Waals surface area contributed by atoms with Gasteiger partial charge in [-0.1, -0.05) is 6.07 Å². The summed E-state index contributed by atoms with van der Waals surface area (Å²) in [6.07, 6.45) is -1.74. The minimum atomic E-state index is -4.53. The van der Waals surface area contributed by atoms with Crippen LogP contribution < -0.4 is 5.32 Å².